The van der Waals surface area contributed by atoms with Crippen molar-refractivity contribution >= 4 is 11.9 Å². The average Bonchev–Trinajstić information content (AvgIpc) is 2.89. The van der Waals surface area contributed by atoms with Gasteiger partial charge in [-0.25, -0.2) is 4.79 Å². The molecule has 0 aromatic carbocycles. The van der Waals surface area contributed by atoms with E-state index in [9.17, 15) is 9.59 Å². The summed E-state index contributed by atoms with van der Waals surface area (Å²) >= 11 is 0. The van der Waals surface area contributed by atoms with Gasteiger partial charge in [-0.15, -0.1) is 0 Å². The van der Waals surface area contributed by atoms with Crippen LogP contribution in [0.1, 0.15) is 46.5 Å². The standard InChI is InChI=1S/C15H25N3O2/c1-11(2)16-9-5-12(6-10-16)18-13(19)15(3)7-4-8-17(15)14(18)20/h11-12H,4-10H2,1-3H3. The zero-order chi connectivity index (χ0) is 14.5. The number of imide groups is 1. The van der Waals surface area contributed by atoms with Crippen LogP contribution in [0.15, 0.2) is 0 Å². The molecule has 0 bridgehead atoms. The van der Waals surface area contributed by atoms with Crippen molar-refractivity contribution in [2.24, 2.45) is 0 Å². The summed E-state index contributed by atoms with van der Waals surface area (Å²) < 4.78 is 0. The molecule has 112 valence electrons. The molecule has 3 heterocycles. The lowest BCUT2D eigenvalue weighted by molar-refractivity contribution is -0.134. The molecule has 0 N–H and O–H groups in total. The molecule has 3 fully saturated rings. The van der Waals surface area contributed by atoms with Gasteiger partial charge in [-0.3, -0.25) is 9.69 Å². The fourth-order valence-electron chi connectivity index (χ4n) is 3.95. The lowest BCUT2D eigenvalue weighted by Crippen LogP contribution is -2.50. The Morgan fingerprint density at radius 3 is 2.35 bits per heavy atom. The van der Waals surface area contributed by atoms with Crippen molar-refractivity contribution in [3.8, 4) is 0 Å². The molecule has 0 aromatic rings. The Bertz CT molecular complexity index is 429. The molecule has 3 amide bonds. The summed E-state index contributed by atoms with van der Waals surface area (Å²) in [6, 6.07) is 0.604. The van der Waals surface area contributed by atoms with E-state index in [1.807, 2.05) is 6.92 Å². The molecular formula is C15H25N3O2. The number of hydrogen-bond acceptors (Lipinski definition) is 3. The van der Waals surface area contributed by atoms with Crippen molar-refractivity contribution in [2.45, 2.75) is 64.1 Å². The van der Waals surface area contributed by atoms with E-state index in [4.69, 9.17) is 0 Å². The molecule has 0 saturated carbocycles. The summed E-state index contributed by atoms with van der Waals surface area (Å²) in [5.41, 5.74) is -0.549. The highest BCUT2D eigenvalue weighted by molar-refractivity contribution is 6.07. The monoisotopic (exact) mass is 279 g/mol. The van der Waals surface area contributed by atoms with E-state index < -0.39 is 5.54 Å². The van der Waals surface area contributed by atoms with E-state index in [0.29, 0.717) is 6.04 Å². The molecular weight excluding hydrogens is 254 g/mol. The Hall–Kier alpha value is -1.10. The van der Waals surface area contributed by atoms with Crippen LogP contribution in [-0.2, 0) is 4.79 Å². The van der Waals surface area contributed by atoms with Crippen molar-refractivity contribution in [1.29, 1.82) is 0 Å². The summed E-state index contributed by atoms with van der Waals surface area (Å²) in [7, 11) is 0. The highest BCUT2D eigenvalue weighted by atomic mass is 16.2. The van der Waals surface area contributed by atoms with Crippen molar-refractivity contribution in [1.82, 2.24) is 14.7 Å². The first-order valence-corrected chi connectivity index (χ1v) is 7.84. The van der Waals surface area contributed by atoms with Gasteiger partial charge in [0.2, 0.25) is 0 Å². The molecule has 20 heavy (non-hydrogen) atoms. The number of urea groups is 1. The molecule has 0 aromatic heterocycles. The minimum atomic E-state index is -0.549. The molecule has 3 rings (SSSR count). The number of hydrogen-bond donors (Lipinski definition) is 0. The number of amides is 3. The zero-order valence-electron chi connectivity index (χ0n) is 12.8. The maximum Gasteiger partial charge on any atom is 0.327 e. The third-order valence-electron chi connectivity index (χ3n) is 5.35. The highest BCUT2D eigenvalue weighted by Crippen LogP contribution is 2.39. The summed E-state index contributed by atoms with van der Waals surface area (Å²) in [4.78, 5) is 31.0. The summed E-state index contributed by atoms with van der Waals surface area (Å²) in [6.45, 7) is 9.03. The van der Waals surface area contributed by atoms with Gasteiger partial charge >= 0.3 is 6.03 Å². The van der Waals surface area contributed by atoms with Gasteiger partial charge in [-0.2, -0.15) is 0 Å². The topological polar surface area (TPSA) is 43.9 Å². The normalized spacial score (nSPS) is 32.6. The molecule has 1 unspecified atom stereocenters. The van der Waals surface area contributed by atoms with Crippen LogP contribution in [0.4, 0.5) is 4.79 Å². The number of piperidine rings is 1. The van der Waals surface area contributed by atoms with Crippen molar-refractivity contribution in [3.63, 3.8) is 0 Å². The minimum absolute atomic E-state index is 0.0435. The third-order valence-corrected chi connectivity index (χ3v) is 5.35. The average molecular weight is 279 g/mol. The van der Waals surface area contributed by atoms with E-state index in [1.165, 1.54) is 0 Å². The smallest absolute Gasteiger partial charge is 0.310 e. The number of likely N-dealkylation sites (tertiary alicyclic amines) is 1. The first kappa shape index (κ1) is 13.9. The van der Waals surface area contributed by atoms with Gasteiger partial charge in [-0.05, 0) is 46.5 Å². The largest absolute Gasteiger partial charge is 0.327 e. The quantitative estimate of drug-likeness (QED) is 0.722. The second-order valence-corrected chi connectivity index (χ2v) is 6.85. The van der Waals surface area contributed by atoms with Crippen LogP contribution in [0, 0.1) is 0 Å². The first-order chi connectivity index (χ1) is 9.45. The van der Waals surface area contributed by atoms with Gasteiger partial charge < -0.3 is 9.80 Å². The molecule has 3 saturated heterocycles. The Morgan fingerprint density at radius 2 is 1.80 bits per heavy atom. The van der Waals surface area contributed by atoms with E-state index in [0.717, 1.165) is 45.3 Å². The summed E-state index contributed by atoms with van der Waals surface area (Å²) in [5, 5.41) is 0. The Morgan fingerprint density at radius 1 is 1.15 bits per heavy atom. The van der Waals surface area contributed by atoms with Crippen molar-refractivity contribution in [3.05, 3.63) is 0 Å². The van der Waals surface area contributed by atoms with E-state index >= 15 is 0 Å². The second-order valence-electron chi connectivity index (χ2n) is 6.85. The molecule has 3 aliphatic heterocycles. The maximum atomic E-state index is 12.7. The number of fused-ring (bicyclic) bond motifs is 1. The molecule has 1 atom stereocenters. The van der Waals surface area contributed by atoms with Crippen molar-refractivity contribution < 1.29 is 9.59 Å². The fourth-order valence-corrected chi connectivity index (χ4v) is 3.95. The highest BCUT2D eigenvalue weighted by Gasteiger charge is 2.58. The number of rotatable bonds is 2. The van der Waals surface area contributed by atoms with Gasteiger partial charge in [0, 0.05) is 31.7 Å². The second kappa shape index (κ2) is 4.72. The van der Waals surface area contributed by atoms with Crippen molar-refractivity contribution in [2.75, 3.05) is 19.6 Å². The van der Waals surface area contributed by atoms with Gasteiger partial charge in [0.15, 0.2) is 0 Å². The summed E-state index contributed by atoms with van der Waals surface area (Å²) in [5.74, 6) is 0.0444. The predicted octanol–water partition coefficient (Wildman–Crippen LogP) is 1.68. The maximum absolute atomic E-state index is 12.7. The van der Waals surface area contributed by atoms with Crippen LogP contribution in [0.2, 0.25) is 0 Å². The van der Waals surface area contributed by atoms with Gasteiger partial charge in [0.1, 0.15) is 5.54 Å². The Kier molecular flexibility index (Phi) is 3.27. The van der Waals surface area contributed by atoms with Gasteiger partial charge in [0.05, 0.1) is 0 Å². The van der Waals surface area contributed by atoms with Crippen LogP contribution >= 0.6 is 0 Å². The number of carbonyl (C=O) groups excluding carboxylic acids is 2. The lowest BCUT2D eigenvalue weighted by Gasteiger charge is -2.37. The third kappa shape index (κ3) is 1.86. The molecule has 0 radical (unpaired) electrons. The zero-order valence-corrected chi connectivity index (χ0v) is 12.8. The number of carbonyl (C=O) groups is 2. The van der Waals surface area contributed by atoms with Crippen LogP contribution in [0.3, 0.4) is 0 Å². The van der Waals surface area contributed by atoms with Crippen LogP contribution in [-0.4, -0.2) is 63.9 Å². The number of nitrogens with zero attached hydrogens (tertiary/aromatic N) is 3. The SMILES string of the molecule is CC(C)N1CCC(N2C(=O)N3CCCC3(C)C2=O)CC1. The molecule has 0 aliphatic carbocycles. The van der Waals surface area contributed by atoms with Gasteiger partial charge in [0.25, 0.3) is 5.91 Å². The van der Waals surface area contributed by atoms with E-state index in [-0.39, 0.29) is 18.0 Å². The molecule has 5 heteroatoms. The van der Waals surface area contributed by atoms with Gasteiger partial charge in [-0.1, -0.05) is 0 Å². The Labute approximate surface area is 120 Å². The Balaban J connectivity index is 1.73. The van der Waals surface area contributed by atoms with E-state index in [1.54, 1.807) is 9.80 Å². The van der Waals surface area contributed by atoms with Crippen LogP contribution in [0.5, 0.6) is 0 Å². The fraction of sp³-hybridized carbons (Fsp3) is 0.867. The predicted molar refractivity (Wildman–Crippen MR) is 76.3 cm³/mol. The molecule has 5 nitrogen and oxygen atoms in total. The molecule has 3 aliphatic rings. The summed E-state index contributed by atoms with van der Waals surface area (Å²) in [6.07, 6.45) is 3.60. The first-order valence-electron chi connectivity index (χ1n) is 7.84. The van der Waals surface area contributed by atoms with Crippen LogP contribution in [0.25, 0.3) is 0 Å². The van der Waals surface area contributed by atoms with E-state index in [2.05, 4.69) is 18.7 Å². The molecule has 0 spiro atoms. The lowest BCUT2D eigenvalue weighted by atomic mass is 9.97. The minimum Gasteiger partial charge on any atom is -0.310 e. The van der Waals surface area contributed by atoms with Crippen LogP contribution < -0.4 is 0 Å².